The lowest BCUT2D eigenvalue weighted by Crippen LogP contribution is -2.23. The number of nitrogens with one attached hydrogen (secondary N) is 1. The number of rotatable bonds is 4. The van der Waals surface area contributed by atoms with Crippen molar-refractivity contribution >= 4 is 17.3 Å². The zero-order valence-corrected chi connectivity index (χ0v) is 17.3. The molecule has 3 aromatic heterocycles. The van der Waals surface area contributed by atoms with Crippen LogP contribution in [0.25, 0.3) is 11.4 Å². The molecule has 5 heteroatoms. The van der Waals surface area contributed by atoms with Crippen LogP contribution in [-0.2, 0) is 11.8 Å². The average molecular weight is 396 g/mol. The van der Waals surface area contributed by atoms with Gasteiger partial charge in [-0.05, 0) is 55.7 Å². The van der Waals surface area contributed by atoms with Crippen molar-refractivity contribution in [1.82, 2.24) is 20.2 Å². The van der Waals surface area contributed by atoms with Gasteiger partial charge in [0.2, 0.25) is 0 Å². The molecule has 0 fully saturated rings. The number of anilines is 3. The van der Waals surface area contributed by atoms with Gasteiger partial charge in [0.1, 0.15) is 17.3 Å². The molecule has 1 aliphatic carbocycles. The third kappa shape index (κ3) is 3.26. The maximum atomic E-state index is 5.03. The number of nitrogens with zero attached hydrogens (tertiary/aromatic N) is 4. The Kier molecular flexibility index (Phi) is 4.58. The van der Waals surface area contributed by atoms with Gasteiger partial charge >= 0.3 is 0 Å². The predicted molar refractivity (Wildman–Crippen MR) is 120 cm³/mol. The van der Waals surface area contributed by atoms with Gasteiger partial charge in [0.25, 0.3) is 0 Å². The summed E-state index contributed by atoms with van der Waals surface area (Å²) < 4.78 is 0. The molecule has 30 heavy (non-hydrogen) atoms. The summed E-state index contributed by atoms with van der Waals surface area (Å²) in [7, 11) is 0. The van der Waals surface area contributed by atoms with Crippen molar-refractivity contribution in [1.29, 1.82) is 0 Å². The van der Waals surface area contributed by atoms with Gasteiger partial charge in [0.05, 0.1) is 5.69 Å². The van der Waals surface area contributed by atoms with Crippen molar-refractivity contribution < 1.29 is 0 Å². The molecule has 0 radical (unpaired) electrons. The Balaban J connectivity index is 1.62. The molecule has 0 aliphatic heterocycles. The van der Waals surface area contributed by atoms with E-state index in [0.717, 1.165) is 35.1 Å². The van der Waals surface area contributed by atoms with E-state index in [9.17, 15) is 0 Å². The molecule has 3 heterocycles. The highest BCUT2D eigenvalue weighted by Gasteiger charge is 2.32. The molecule has 1 aliphatic rings. The third-order valence-corrected chi connectivity index (χ3v) is 5.87. The highest BCUT2D eigenvalue weighted by atomic mass is 15.2. The highest BCUT2D eigenvalue weighted by Crippen LogP contribution is 2.40. The molecule has 0 unspecified atom stereocenters. The summed E-state index contributed by atoms with van der Waals surface area (Å²) in [6.07, 6.45) is 5.20. The maximum absolute atomic E-state index is 5.03. The van der Waals surface area contributed by atoms with E-state index in [1.54, 1.807) is 6.20 Å². The fourth-order valence-electron chi connectivity index (χ4n) is 4.34. The summed E-state index contributed by atoms with van der Waals surface area (Å²) in [4.78, 5) is 11.7. The van der Waals surface area contributed by atoms with E-state index in [1.807, 2.05) is 54.6 Å². The molecule has 0 amide bonds. The Morgan fingerprint density at radius 3 is 2.50 bits per heavy atom. The number of hydrogen-bond donors (Lipinski definition) is 1. The number of aromatic nitrogens is 4. The topological polar surface area (TPSA) is 57.7 Å². The Bertz CT molecular complexity index is 1110. The van der Waals surface area contributed by atoms with Crippen LogP contribution in [0.4, 0.5) is 17.3 Å². The zero-order valence-electron chi connectivity index (χ0n) is 17.3. The Morgan fingerprint density at radius 2 is 1.70 bits per heavy atom. The molecule has 1 N–H and O–H groups in total. The fourth-order valence-corrected chi connectivity index (χ4v) is 4.34. The van der Waals surface area contributed by atoms with Gasteiger partial charge in [0, 0.05) is 28.6 Å². The normalized spacial score (nSPS) is 14.9. The molecule has 5 nitrogen and oxygen atoms in total. The van der Waals surface area contributed by atoms with Crippen LogP contribution in [0.3, 0.4) is 0 Å². The first-order chi connectivity index (χ1) is 14.6. The van der Waals surface area contributed by atoms with Gasteiger partial charge in [0.15, 0.2) is 0 Å². The molecule has 150 valence electrons. The van der Waals surface area contributed by atoms with Gasteiger partial charge in [-0.15, -0.1) is 0 Å². The second-order valence-corrected chi connectivity index (χ2v) is 8.40. The Labute approximate surface area is 176 Å². The van der Waals surface area contributed by atoms with Crippen molar-refractivity contribution in [3.05, 3.63) is 84.2 Å². The summed E-state index contributed by atoms with van der Waals surface area (Å²) in [5.41, 5.74) is 5.56. The van der Waals surface area contributed by atoms with Gasteiger partial charge < -0.3 is 0 Å². The lowest BCUT2D eigenvalue weighted by Gasteiger charge is -2.29. The number of aromatic amines is 1. The van der Waals surface area contributed by atoms with Crippen molar-refractivity contribution in [2.24, 2.45) is 0 Å². The second kappa shape index (κ2) is 7.41. The Morgan fingerprint density at radius 1 is 0.900 bits per heavy atom. The van der Waals surface area contributed by atoms with Crippen LogP contribution in [-0.4, -0.2) is 20.2 Å². The molecule has 0 atom stereocenters. The smallest absolute Gasteiger partial charge is 0.139 e. The van der Waals surface area contributed by atoms with E-state index >= 15 is 0 Å². The van der Waals surface area contributed by atoms with E-state index < -0.39 is 0 Å². The van der Waals surface area contributed by atoms with Gasteiger partial charge in [-0.3, -0.25) is 10.00 Å². The van der Waals surface area contributed by atoms with E-state index in [0.29, 0.717) is 0 Å². The van der Waals surface area contributed by atoms with Crippen LogP contribution >= 0.6 is 0 Å². The SMILES string of the molecule is CC1(C)CCCc2c(-c3cccc(N(c4ccccc4)c4ccccn4)n3)n[nH]c21. The first-order valence-corrected chi connectivity index (χ1v) is 10.4. The number of pyridine rings is 2. The highest BCUT2D eigenvalue weighted by molar-refractivity contribution is 5.74. The summed E-state index contributed by atoms with van der Waals surface area (Å²) in [6.45, 7) is 4.57. The van der Waals surface area contributed by atoms with Crippen LogP contribution in [0.15, 0.2) is 72.9 Å². The van der Waals surface area contributed by atoms with Crippen LogP contribution < -0.4 is 4.90 Å². The molecular weight excluding hydrogens is 370 g/mol. The number of para-hydroxylation sites is 1. The standard InChI is InChI=1S/C25H25N5/c1-25(2)16-9-12-19-23(28-29-24(19)25)20-13-8-15-22(27-20)30(18-10-4-3-5-11-18)21-14-6-7-17-26-21/h3-8,10-11,13-15,17H,9,12,16H2,1-2H3,(H,28,29). The monoisotopic (exact) mass is 395 g/mol. The van der Waals surface area contributed by atoms with Crippen LogP contribution in [0.1, 0.15) is 37.9 Å². The average Bonchev–Trinajstić information content (AvgIpc) is 3.22. The van der Waals surface area contributed by atoms with Crippen molar-refractivity contribution in [3.63, 3.8) is 0 Å². The van der Waals surface area contributed by atoms with Crippen molar-refractivity contribution in [3.8, 4) is 11.4 Å². The number of benzene rings is 1. The van der Waals surface area contributed by atoms with Crippen molar-refractivity contribution in [2.45, 2.75) is 38.5 Å². The van der Waals surface area contributed by atoms with E-state index in [1.165, 1.54) is 24.1 Å². The lowest BCUT2D eigenvalue weighted by molar-refractivity contribution is 0.420. The lowest BCUT2D eigenvalue weighted by atomic mass is 9.76. The largest absolute Gasteiger partial charge is 0.281 e. The first-order valence-electron chi connectivity index (χ1n) is 10.4. The molecule has 0 saturated carbocycles. The molecule has 0 bridgehead atoms. The Hall–Kier alpha value is -3.47. The third-order valence-electron chi connectivity index (χ3n) is 5.87. The van der Waals surface area contributed by atoms with Gasteiger partial charge in [-0.1, -0.05) is 44.2 Å². The molecule has 1 aromatic carbocycles. The quantitative estimate of drug-likeness (QED) is 0.464. The number of hydrogen-bond acceptors (Lipinski definition) is 4. The molecular formula is C25H25N5. The molecule has 0 spiro atoms. The van der Waals surface area contributed by atoms with E-state index in [4.69, 9.17) is 4.98 Å². The van der Waals surface area contributed by atoms with Crippen LogP contribution in [0.2, 0.25) is 0 Å². The van der Waals surface area contributed by atoms with Crippen LogP contribution in [0, 0.1) is 0 Å². The predicted octanol–water partition coefficient (Wildman–Crippen LogP) is 5.95. The maximum Gasteiger partial charge on any atom is 0.139 e. The first kappa shape index (κ1) is 18.6. The molecule has 5 rings (SSSR count). The minimum absolute atomic E-state index is 0.125. The minimum atomic E-state index is 0.125. The van der Waals surface area contributed by atoms with Gasteiger partial charge in [-0.25, -0.2) is 9.97 Å². The molecule has 0 saturated heterocycles. The van der Waals surface area contributed by atoms with Crippen LogP contribution in [0.5, 0.6) is 0 Å². The zero-order chi connectivity index (χ0) is 20.6. The fraction of sp³-hybridized carbons (Fsp3) is 0.240. The second-order valence-electron chi connectivity index (χ2n) is 8.40. The number of fused-ring (bicyclic) bond motifs is 1. The summed E-state index contributed by atoms with van der Waals surface area (Å²) in [5, 5.41) is 8.00. The van der Waals surface area contributed by atoms with Crippen molar-refractivity contribution in [2.75, 3.05) is 4.90 Å². The number of H-pyrrole nitrogens is 1. The van der Waals surface area contributed by atoms with Gasteiger partial charge in [-0.2, -0.15) is 5.10 Å². The summed E-state index contributed by atoms with van der Waals surface area (Å²) in [5.74, 6) is 1.66. The summed E-state index contributed by atoms with van der Waals surface area (Å²) >= 11 is 0. The van der Waals surface area contributed by atoms with E-state index in [2.05, 4.69) is 46.1 Å². The minimum Gasteiger partial charge on any atom is -0.281 e. The molecule has 4 aromatic rings. The summed E-state index contributed by atoms with van der Waals surface area (Å²) in [6, 6.07) is 22.3. The van der Waals surface area contributed by atoms with E-state index in [-0.39, 0.29) is 5.41 Å².